The first-order chi connectivity index (χ1) is 7.86. The van der Waals surface area contributed by atoms with Gasteiger partial charge in [-0.05, 0) is 36.0 Å². The third-order valence-corrected chi connectivity index (χ3v) is 3.53. The lowest BCUT2D eigenvalue weighted by molar-refractivity contribution is 0.256. The van der Waals surface area contributed by atoms with E-state index in [-0.39, 0.29) is 0 Å². The Morgan fingerprint density at radius 1 is 1.44 bits per heavy atom. The number of aromatic nitrogens is 1. The summed E-state index contributed by atoms with van der Waals surface area (Å²) in [5, 5.41) is 12.3. The molecule has 0 radical (unpaired) electrons. The largest absolute Gasteiger partial charge is 0.310 e. The molecular weight excluding hydrogens is 198 g/mol. The minimum atomic E-state index is 0.550. The summed E-state index contributed by atoms with van der Waals surface area (Å²) < 4.78 is 0. The van der Waals surface area contributed by atoms with Gasteiger partial charge in [-0.25, -0.2) is 0 Å². The molecule has 2 atom stereocenters. The van der Waals surface area contributed by atoms with Crippen LogP contribution in [0.3, 0.4) is 0 Å². The average Bonchev–Trinajstić information content (AvgIpc) is 2.31. The van der Waals surface area contributed by atoms with Crippen molar-refractivity contribution in [3.8, 4) is 6.07 Å². The van der Waals surface area contributed by atoms with Gasteiger partial charge in [0.1, 0.15) is 6.07 Å². The second-order valence-electron chi connectivity index (χ2n) is 4.50. The number of pyridine rings is 1. The molecular formula is C13H13N3. The summed E-state index contributed by atoms with van der Waals surface area (Å²) >= 11 is 0. The van der Waals surface area contributed by atoms with Crippen molar-refractivity contribution in [1.29, 1.82) is 5.26 Å². The molecule has 0 amide bonds. The highest BCUT2D eigenvalue weighted by Crippen LogP contribution is 2.33. The zero-order valence-electron chi connectivity index (χ0n) is 8.98. The van der Waals surface area contributed by atoms with Crippen molar-refractivity contribution in [3.63, 3.8) is 0 Å². The van der Waals surface area contributed by atoms with E-state index in [4.69, 9.17) is 5.26 Å². The Kier molecular flexibility index (Phi) is 2.23. The van der Waals surface area contributed by atoms with Crippen LogP contribution in [0.5, 0.6) is 0 Å². The van der Waals surface area contributed by atoms with Crippen molar-refractivity contribution in [2.75, 3.05) is 6.54 Å². The predicted molar refractivity (Wildman–Crippen MR) is 61.4 cm³/mol. The normalized spacial score (nSPS) is 27.3. The summed E-state index contributed by atoms with van der Waals surface area (Å²) in [7, 11) is 0. The van der Waals surface area contributed by atoms with E-state index < -0.39 is 0 Å². The number of hydrogen-bond acceptors (Lipinski definition) is 3. The van der Waals surface area contributed by atoms with Gasteiger partial charge in [-0.1, -0.05) is 6.08 Å². The van der Waals surface area contributed by atoms with E-state index in [2.05, 4.69) is 22.4 Å². The lowest BCUT2D eigenvalue weighted by atomic mass is 9.79. The molecule has 1 aliphatic carbocycles. The highest BCUT2D eigenvalue weighted by molar-refractivity contribution is 5.67. The van der Waals surface area contributed by atoms with Gasteiger partial charge in [-0.2, -0.15) is 5.26 Å². The van der Waals surface area contributed by atoms with Crippen molar-refractivity contribution < 1.29 is 0 Å². The second kappa shape index (κ2) is 3.73. The van der Waals surface area contributed by atoms with E-state index in [0.717, 1.165) is 24.4 Å². The summed E-state index contributed by atoms with van der Waals surface area (Å²) in [5.41, 5.74) is 3.08. The second-order valence-corrected chi connectivity index (χ2v) is 4.50. The molecule has 1 saturated heterocycles. The van der Waals surface area contributed by atoms with Gasteiger partial charge in [0, 0.05) is 25.0 Å². The molecule has 0 aromatic carbocycles. The van der Waals surface area contributed by atoms with Crippen LogP contribution in [0.25, 0.3) is 5.57 Å². The number of nitrogens with one attached hydrogen (secondary N) is 1. The molecule has 0 spiro atoms. The Morgan fingerprint density at radius 2 is 2.38 bits per heavy atom. The molecule has 1 aromatic heterocycles. The highest BCUT2D eigenvalue weighted by atomic mass is 15.0. The van der Waals surface area contributed by atoms with E-state index in [1.807, 2.05) is 12.3 Å². The Balaban J connectivity index is 1.92. The van der Waals surface area contributed by atoms with Gasteiger partial charge < -0.3 is 5.32 Å². The molecule has 2 aliphatic rings. The molecule has 1 fully saturated rings. The monoisotopic (exact) mass is 211 g/mol. The van der Waals surface area contributed by atoms with Gasteiger partial charge in [-0.15, -0.1) is 0 Å². The van der Waals surface area contributed by atoms with Gasteiger partial charge in [0.05, 0.1) is 5.56 Å². The van der Waals surface area contributed by atoms with Crippen LogP contribution >= 0.6 is 0 Å². The molecule has 3 nitrogen and oxygen atoms in total. The minimum Gasteiger partial charge on any atom is -0.310 e. The van der Waals surface area contributed by atoms with Crippen LogP contribution in [-0.2, 0) is 0 Å². The van der Waals surface area contributed by atoms with Crippen LogP contribution in [0.1, 0.15) is 24.0 Å². The first-order valence-electron chi connectivity index (χ1n) is 5.66. The summed E-state index contributed by atoms with van der Waals surface area (Å²) in [5.74, 6) is 0.829. The van der Waals surface area contributed by atoms with Crippen LogP contribution in [0.4, 0.5) is 0 Å². The van der Waals surface area contributed by atoms with Crippen LogP contribution < -0.4 is 5.32 Å². The fraction of sp³-hybridized carbons (Fsp3) is 0.385. The summed E-state index contributed by atoms with van der Waals surface area (Å²) in [6, 6.07) is 4.61. The first kappa shape index (κ1) is 9.56. The zero-order valence-corrected chi connectivity index (χ0v) is 8.98. The number of nitrogens with zero attached hydrogens (tertiary/aromatic N) is 2. The van der Waals surface area contributed by atoms with Crippen LogP contribution in [0, 0.1) is 17.2 Å². The molecule has 1 N–H and O–H groups in total. The summed E-state index contributed by atoms with van der Waals surface area (Å²) in [4.78, 5) is 4.11. The lowest BCUT2D eigenvalue weighted by Gasteiger charge is -2.40. The van der Waals surface area contributed by atoms with Crippen LogP contribution in [0.2, 0.25) is 0 Å². The Hall–Kier alpha value is -1.66. The summed E-state index contributed by atoms with van der Waals surface area (Å²) in [6.45, 7) is 1.16. The maximum Gasteiger partial charge on any atom is 0.101 e. The van der Waals surface area contributed by atoms with Crippen molar-refractivity contribution in [2.45, 2.75) is 18.9 Å². The molecule has 0 bridgehead atoms. The topological polar surface area (TPSA) is 48.7 Å². The first-order valence-corrected chi connectivity index (χ1v) is 5.66. The van der Waals surface area contributed by atoms with E-state index in [0.29, 0.717) is 11.6 Å². The van der Waals surface area contributed by atoms with Gasteiger partial charge in [0.15, 0.2) is 0 Å². The number of fused-ring (bicyclic) bond motifs is 1. The molecule has 3 heteroatoms. The molecule has 0 saturated carbocycles. The maximum atomic E-state index is 8.84. The summed E-state index contributed by atoms with van der Waals surface area (Å²) in [6.07, 6.45) is 8.12. The van der Waals surface area contributed by atoms with E-state index in [1.165, 1.54) is 12.0 Å². The van der Waals surface area contributed by atoms with Gasteiger partial charge in [-0.3, -0.25) is 4.98 Å². The quantitative estimate of drug-likeness (QED) is 0.769. The van der Waals surface area contributed by atoms with Gasteiger partial charge in [0.2, 0.25) is 0 Å². The Labute approximate surface area is 94.8 Å². The van der Waals surface area contributed by atoms with E-state index in [9.17, 15) is 0 Å². The third kappa shape index (κ3) is 1.52. The number of nitriles is 1. The molecule has 2 heterocycles. The maximum absolute atomic E-state index is 8.84. The number of allylic oxidation sites excluding steroid dienone is 1. The Bertz CT molecular complexity index is 484. The van der Waals surface area contributed by atoms with Crippen molar-refractivity contribution in [2.24, 2.45) is 5.92 Å². The number of rotatable bonds is 1. The molecule has 1 aliphatic heterocycles. The van der Waals surface area contributed by atoms with Crippen LogP contribution in [0.15, 0.2) is 24.5 Å². The molecule has 80 valence electrons. The standard InChI is InChI=1S/C13H13N3/c14-5-9-3-12(7-15-6-9)10-1-2-11-8-16-13(11)4-10/h3-4,6-7,11,13,16H,1-2,8H2/t11-,13-/m0/s1. The highest BCUT2D eigenvalue weighted by Gasteiger charge is 2.31. The van der Waals surface area contributed by atoms with Gasteiger partial charge in [0.25, 0.3) is 0 Å². The number of hydrogen-bond donors (Lipinski definition) is 1. The predicted octanol–water partition coefficient (Wildman–Crippen LogP) is 1.72. The minimum absolute atomic E-state index is 0.550. The molecule has 16 heavy (non-hydrogen) atoms. The fourth-order valence-corrected chi connectivity index (χ4v) is 2.46. The SMILES string of the molecule is N#Cc1cncc(C2=C[C@@H]3NC[C@@H]3CC2)c1. The van der Waals surface area contributed by atoms with Crippen molar-refractivity contribution in [3.05, 3.63) is 35.7 Å². The van der Waals surface area contributed by atoms with Crippen LogP contribution in [-0.4, -0.2) is 17.6 Å². The molecule has 3 rings (SSSR count). The smallest absolute Gasteiger partial charge is 0.101 e. The van der Waals surface area contributed by atoms with E-state index in [1.54, 1.807) is 6.20 Å². The molecule has 0 unspecified atom stereocenters. The lowest BCUT2D eigenvalue weighted by Crippen LogP contribution is -2.52. The van der Waals surface area contributed by atoms with Crippen molar-refractivity contribution >= 4 is 5.57 Å². The fourth-order valence-electron chi connectivity index (χ4n) is 2.46. The van der Waals surface area contributed by atoms with Crippen molar-refractivity contribution in [1.82, 2.24) is 10.3 Å². The van der Waals surface area contributed by atoms with Gasteiger partial charge >= 0.3 is 0 Å². The molecule has 1 aromatic rings. The Morgan fingerprint density at radius 3 is 3.06 bits per heavy atom. The zero-order chi connectivity index (χ0) is 11.0. The average molecular weight is 211 g/mol. The third-order valence-electron chi connectivity index (χ3n) is 3.53. The van der Waals surface area contributed by atoms with E-state index >= 15 is 0 Å².